The van der Waals surface area contributed by atoms with Crippen LogP contribution in [0.3, 0.4) is 0 Å². The van der Waals surface area contributed by atoms with Gasteiger partial charge in [-0.05, 0) is 43.3 Å². The lowest BCUT2D eigenvalue weighted by Crippen LogP contribution is -2.18. The van der Waals surface area contributed by atoms with Gasteiger partial charge in [0, 0.05) is 11.3 Å². The molecule has 1 amide bonds. The molecule has 2 N–H and O–H groups in total. The van der Waals surface area contributed by atoms with Gasteiger partial charge in [0.25, 0.3) is 5.91 Å². The lowest BCUT2D eigenvalue weighted by molar-refractivity contribution is -0.143. The molecule has 0 bridgehead atoms. The number of hydrogen-bond acceptors (Lipinski definition) is 3. The van der Waals surface area contributed by atoms with Gasteiger partial charge in [0.15, 0.2) is 0 Å². The summed E-state index contributed by atoms with van der Waals surface area (Å²) in [4.78, 5) is 12.2. The smallest absolute Gasteiger partial charge is 0.322 e. The Morgan fingerprint density at radius 2 is 1.47 bits per heavy atom. The second kappa shape index (κ2) is 8.13. The SMILES string of the molecule is CCS(=O)(=O)Nc1ccc(NC(=O)c2cc(C(F)(F)F)cc(C(F)(F)F)c2)cc1F. The van der Waals surface area contributed by atoms with Crippen molar-refractivity contribution in [3.63, 3.8) is 0 Å². The van der Waals surface area contributed by atoms with Gasteiger partial charge in [-0.2, -0.15) is 26.3 Å². The Kier molecular flexibility index (Phi) is 6.35. The molecule has 0 heterocycles. The highest BCUT2D eigenvalue weighted by molar-refractivity contribution is 7.92. The highest BCUT2D eigenvalue weighted by Gasteiger charge is 2.37. The molecule has 0 radical (unpaired) electrons. The predicted molar refractivity (Wildman–Crippen MR) is 93.9 cm³/mol. The molecule has 0 aliphatic heterocycles. The van der Waals surface area contributed by atoms with E-state index in [1.54, 1.807) is 0 Å². The van der Waals surface area contributed by atoms with Crippen LogP contribution in [0.15, 0.2) is 36.4 Å². The third-order valence-corrected chi connectivity index (χ3v) is 5.01. The van der Waals surface area contributed by atoms with Gasteiger partial charge in [0.2, 0.25) is 10.0 Å². The number of alkyl halides is 6. The Labute approximate surface area is 165 Å². The first kappa shape index (κ1) is 23.4. The Hall–Kier alpha value is -2.83. The first-order valence-electron chi connectivity index (χ1n) is 8.03. The van der Waals surface area contributed by atoms with Crippen molar-refractivity contribution in [2.75, 3.05) is 15.8 Å². The van der Waals surface area contributed by atoms with E-state index >= 15 is 0 Å². The molecule has 0 saturated heterocycles. The monoisotopic (exact) mass is 458 g/mol. The number of benzene rings is 2. The van der Waals surface area contributed by atoms with Crippen molar-refractivity contribution < 1.29 is 43.9 Å². The topological polar surface area (TPSA) is 75.3 Å². The van der Waals surface area contributed by atoms with Gasteiger partial charge in [0.1, 0.15) is 5.82 Å². The van der Waals surface area contributed by atoms with E-state index in [0.29, 0.717) is 6.07 Å². The predicted octanol–water partition coefficient (Wildman–Crippen LogP) is 4.88. The van der Waals surface area contributed by atoms with Crippen LogP contribution in [0.1, 0.15) is 28.4 Å². The molecule has 0 aromatic heterocycles. The number of carbonyl (C=O) groups excluding carboxylic acids is 1. The number of rotatable bonds is 5. The minimum absolute atomic E-state index is 0.134. The van der Waals surface area contributed by atoms with Crippen molar-refractivity contribution >= 4 is 27.3 Å². The number of halogens is 7. The zero-order valence-electron chi connectivity index (χ0n) is 14.9. The van der Waals surface area contributed by atoms with Crippen LogP contribution in [0.25, 0.3) is 0 Å². The molecule has 0 saturated carbocycles. The molecule has 0 atom stereocenters. The van der Waals surface area contributed by atoms with Gasteiger partial charge in [0.05, 0.1) is 22.6 Å². The fourth-order valence-corrected chi connectivity index (χ4v) is 2.85. The fourth-order valence-electron chi connectivity index (χ4n) is 2.20. The highest BCUT2D eigenvalue weighted by atomic mass is 32.2. The van der Waals surface area contributed by atoms with Crippen LogP contribution < -0.4 is 10.0 Å². The largest absolute Gasteiger partial charge is 0.416 e. The summed E-state index contributed by atoms with van der Waals surface area (Å²) in [6.07, 6.45) is -10.3. The summed E-state index contributed by atoms with van der Waals surface area (Å²) in [6.45, 7) is 1.30. The average Bonchev–Trinajstić information content (AvgIpc) is 2.62. The molecule has 2 aromatic rings. The zero-order chi connectivity index (χ0) is 22.9. The first-order valence-corrected chi connectivity index (χ1v) is 9.68. The second-order valence-electron chi connectivity index (χ2n) is 5.95. The van der Waals surface area contributed by atoms with E-state index < -0.39 is 56.5 Å². The Morgan fingerprint density at radius 3 is 1.90 bits per heavy atom. The lowest BCUT2D eigenvalue weighted by Gasteiger charge is -2.14. The summed E-state index contributed by atoms with van der Waals surface area (Å²) in [5, 5.41) is 1.97. The molecule has 2 rings (SSSR count). The molecule has 0 spiro atoms. The van der Waals surface area contributed by atoms with Gasteiger partial charge in [-0.3, -0.25) is 9.52 Å². The minimum Gasteiger partial charge on any atom is -0.322 e. The molecule has 0 aliphatic rings. The lowest BCUT2D eigenvalue weighted by atomic mass is 10.0. The minimum atomic E-state index is -5.14. The quantitative estimate of drug-likeness (QED) is 0.628. The Balaban J connectivity index is 2.35. The summed E-state index contributed by atoms with van der Waals surface area (Å²) in [5.41, 5.74) is -5.08. The molecular formula is C17H13F7N2O3S. The molecule has 30 heavy (non-hydrogen) atoms. The van der Waals surface area contributed by atoms with Crippen LogP contribution in [-0.2, 0) is 22.4 Å². The molecule has 0 unspecified atom stereocenters. The molecule has 5 nitrogen and oxygen atoms in total. The summed E-state index contributed by atoms with van der Waals surface area (Å²) in [7, 11) is -3.80. The molecular weight excluding hydrogens is 445 g/mol. The van der Waals surface area contributed by atoms with Crippen molar-refractivity contribution in [3.05, 3.63) is 58.9 Å². The van der Waals surface area contributed by atoms with Crippen LogP contribution in [0, 0.1) is 5.82 Å². The Morgan fingerprint density at radius 1 is 0.933 bits per heavy atom. The van der Waals surface area contributed by atoms with E-state index in [-0.39, 0.29) is 29.6 Å². The van der Waals surface area contributed by atoms with Crippen molar-refractivity contribution in [1.29, 1.82) is 0 Å². The third-order valence-electron chi connectivity index (χ3n) is 3.72. The third kappa shape index (κ3) is 5.84. The molecule has 13 heteroatoms. The van der Waals surface area contributed by atoms with Gasteiger partial charge in [-0.15, -0.1) is 0 Å². The number of sulfonamides is 1. The maximum atomic E-state index is 14.0. The standard InChI is InChI=1S/C17H13F7N2O3S/c1-2-30(28,29)26-14-4-3-12(8-13(14)18)25-15(27)9-5-10(16(19,20)21)7-11(6-9)17(22,23)24/h3-8,26H,2H2,1H3,(H,25,27). The summed E-state index contributed by atoms with van der Waals surface area (Å²) in [5.74, 6) is -2.82. The number of hydrogen-bond donors (Lipinski definition) is 2. The highest BCUT2D eigenvalue weighted by Crippen LogP contribution is 2.36. The molecule has 2 aromatic carbocycles. The molecule has 0 fully saturated rings. The van der Waals surface area contributed by atoms with Crippen LogP contribution in [0.5, 0.6) is 0 Å². The van der Waals surface area contributed by atoms with E-state index in [1.807, 2.05) is 10.0 Å². The van der Waals surface area contributed by atoms with Crippen molar-refractivity contribution in [2.24, 2.45) is 0 Å². The summed E-state index contributed by atoms with van der Waals surface area (Å²) in [6, 6.07) is 2.93. The zero-order valence-corrected chi connectivity index (χ0v) is 15.8. The van der Waals surface area contributed by atoms with Crippen molar-refractivity contribution in [2.45, 2.75) is 19.3 Å². The van der Waals surface area contributed by atoms with Gasteiger partial charge in [-0.25, -0.2) is 12.8 Å². The fraction of sp³-hybridized carbons (Fsp3) is 0.235. The molecule has 164 valence electrons. The van der Waals surface area contributed by atoms with E-state index in [1.165, 1.54) is 6.92 Å². The summed E-state index contributed by atoms with van der Waals surface area (Å²) < 4.78 is 116. The van der Waals surface area contributed by atoms with Crippen molar-refractivity contribution in [3.8, 4) is 0 Å². The molecule has 0 aliphatic carbocycles. The van der Waals surface area contributed by atoms with Gasteiger partial charge >= 0.3 is 12.4 Å². The first-order chi connectivity index (χ1) is 13.6. The van der Waals surface area contributed by atoms with Gasteiger partial charge < -0.3 is 5.32 Å². The van der Waals surface area contributed by atoms with E-state index in [9.17, 15) is 43.9 Å². The normalized spacial score (nSPS) is 12.5. The average molecular weight is 458 g/mol. The van der Waals surface area contributed by atoms with Crippen LogP contribution in [0.2, 0.25) is 0 Å². The number of carbonyl (C=O) groups is 1. The van der Waals surface area contributed by atoms with E-state index in [4.69, 9.17) is 0 Å². The number of anilines is 2. The summed E-state index contributed by atoms with van der Waals surface area (Å²) >= 11 is 0. The van der Waals surface area contributed by atoms with E-state index in [0.717, 1.165) is 12.1 Å². The van der Waals surface area contributed by atoms with E-state index in [2.05, 4.69) is 0 Å². The Bertz CT molecular complexity index is 1030. The van der Waals surface area contributed by atoms with Crippen molar-refractivity contribution in [1.82, 2.24) is 0 Å². The van der Waals surface area contributed by atoms with Crippen LogP contribution >= 0.6 is 0 Å². The van der Waals surface area contributed by atoms with Crippen LogP contribution in [-0.4, -0.2) is 20.1 Å². The number of nitrogens with one attached hydrogen (secondary N) is 2. The second-order valence-corrected chi connectivity index (χ2v) is 7.96. The number of amides is 1. The maximum absolute atomic E-state index is 14.0. The maximum Gasteiger partial charge on any atom is 0.416 e. The van der Waals surface area contributed by atoms with Crippen LogP contribution in [0.4, 0.5) is 42.1 Å². The van der Waals surface area contributed by atoms with Gasteiger partial charge in [-0.1, -0.05) is 0 Å².